The van der Waals surface area contributed by atoms with E-state index in [2.05, 4.69) is 4.98 Å². The third-order valence-corrected chi connectivity index (χ3v) is 4.54. The van der Waals surface area contributed by atoms with E-state index < -0.39 is 16.7 Å². The Hall–Kier alpha value is -3.66. The number of nitro groups is 1. The Labute approximate surface area is 165 Å². The summed E-state index contributed by atoms with van der Waals surface area (Å²) in [4.78, 5) is 41.1. The molecule has 2 heterocycles. The number of nitrogens with zero attached hydrogens (tertiary/aromatic N) is 4. The van der Waals surface area contributed by atoms with Gasteiger partial charge in [0.05, 0.1) is 4.92 Å². The standard InChI is InChI=1S/C18H14N4O5S/c1-20-16(23)14(17(24)21(2)18(20)28)9-11-3-6-13(7-4-11)27-15-8-5-12(10-19-15)22(25)26/h3-10H,1-2H3. The van der Waals surface area contributed by atoms with E-state index in [9.17, 15) is 19.7 Å². The molecule has 0 N–H and O–H groups in total. The lowest BCUT2D eigenvalue weighted by Gasteiger charge is -2.31. The SMILES string of the molecule is CN1C(=O)C(=Cc2ccc(Oc3ccc([N+](=O)[O-])cn3)cc2)C(=O)N(C)C1=S. The molecule has 1 aliphatic rings. The van der Waals surface area contributed by atoms with Crippen molar-refractivity contribution < 1.29 is 19.2 Å². The fraction of sp³-hybridized carbons (Fsp3) is 0.111. The van der Waals surface area contributed by atoms with Crippen molar-refractivity contribution in [3.05, 3.63) is 63.8 Å². The zero-order chi connectivity index (χ0) is 20.4. The highest BCUT2D eigenvalue weighted by Gasteiger charge is 2.35. The average molecular weight is 398 g/mol. The smallest absolute Gasteiger partial charge is 0.287 e. The van der Waals surface area contributed by atoms with Gasteiger partial charge < -0.3 is 4.74 Å². The van der Waals surface area contributed by atoms with Gasteiger partial charge in [0.15, 0.2) is 5.11 Å². The van der Waals surface area contributed by atoms with Crippen molar-refractivity contribution in [3.63, 3.8) is 0 Å². The van der Waals surface area contributed by atoms with E-state index >= 15 is 0 Å². The molecule has 0 saturated carbocycles. The van der Waals surface area contributed by atoms with E-state index in [1.54, 1.807) is 24.3 Å². The summed E-state index contributed by atoms with van der Waals surface area (Å²) in [5.74, 6) is -0.293. The molecule has 2 aromatic rings. The minimum atomic E-state index is -0.547. The lowest BCUT2D eigenvalue weighted by atomic mass is 10.1. The fourth-order valence-electron chi connectivity index (χ4n) is 2.44. The molecule has 1 aliphatic heterocycles. The Bertz CT molecular complexity index is 976. The number of pyridine rings is 1. The molecule has 3 rings (SSSR count). The van der Waals surface area contributed by atoms with Crippen LogP contribution in [-0.2, 0) is 9.59 Å². The second-order valence-electron chi connectivity index (χ2n) is 5.85. The number of carbonyl (C=O) groups is 2. The average Bonchev–Trinajstić information content (AvgIpc) is 2.70. The first-order valence-electron chi connectivity index (χ1n) is 7.98. The zero-order valence-electron chi connectivity index (χ0n) is 14.9. The summed E-state index contributed by atoms with van der Waals surface area (Å²) in [6.45, 7) is 0. The van der Waals surface area contributed by atoms with Crippen LogP contribution in [0.15, 0.2) is 48.2 Å². The molecule has 142 valence electrons. The van der Waals surface area contributed by atoms with Crippen LogP contribution >= 0.6 is 12.2 Å². The van der Waals surface area contributed by atoms with Gasteiger partial charge in [0.2, 0.25) is 5.88 Å². The van der Waals surface area contributed by atoms with Crippen molar-refractivity contribution in [2.75, 3.05) is 14.1 Å². The minimum Gasteiger partial charge on any atom is -0.439 e. The van der Waals surface area contributed by atoms with Gasteiger partial charge in [0, 0.05) is 26.2 Å². The van der Waals surface area contributed by atoms with Gasteiger partial charge in [0.1, 0.15) is 17.5 Å². The van der Waals surface area contributed by atoms with E-state index in [4.69, 9.17) is 17.0 Å². The van der Waals surface area contributed by atoms with Crippen molar-refractivity contribution in [3.8, 4) is 11.6 Å². The zero-order valence-corrected chi connectivity index (χ0v) is 15.7. The third-order valence-electron chi connectivity index (χ3n) is 3.99. The molecule has 10 heteroatoms. The van der Waals surface area contributed by atoms with Crippen LogP contribution in [0.3, 0.4) is 0 Å². The molecule has 0 atom stereocenters. The number of likely N-dealkylation sites (N-methyl/N-ethyl adjacent to an activating group) is 2. The van der Waals surface area contributed by atoms with Crippen molar-refractivity contribution in [2.24, 2.45) is 0 Å². The predicted octanol–water partition coefficient (Wildman–Crippen LogP) is 2.38. The predicted molar refractivity (Wildman–Crippen MR) is 104 cm³/mol. The van der Waals surface area contributed by atoms with Gasteiger partial charge in [-0.05, 0) is 36.0 Å². The monoisotopic (exact) mass is 398 g/mol. The fourth-order valence-corrected chi connectivity index (χ4v) is 2.60. The largest absolute Gasteiger partial charge is 0.439 e. The molecule has 1 fully saturated rings. The van der Waals surface area contributed by atoms with E-state index in [0.717, 1.165) is 6.20 Å². The van der Waals surface area contributed by atoms with Crippen LogP contribution in [-0.4, -0.2) is 50.7 Å². The van der Waals surface area contributed by atoms with Crippen LogP contribution in [0, 0.1) is 10.1 Å². The first-order chi connectivity index (χ1) is 13.3. The molecule has 1 aromatic heterocycles. The molecule has 0 radical (unpaired) electrons. The maximum atomic E-state index is 12.3. The molecule has 0 unspecified atom stereocenters. The van der Waals surface area contributed by atoms with Crippen LogP contribution in [0.25, 0.3) is 6.08 Å². The van der Waals surface area contributed by atoms with Crippen molar-refractivity contribution in [2.45, 2.75) is 0 Å². The molecular formula is C18H14N4O5S. The van der Waals surface area contributed by atoms with E-state index in [0.29, 0.717) is 11.3 Å². The quantitative estimate of drug-likeness (QED) is 0.256. The molecule has 2 amide bonds. The van der Waals surface area contributed by atoms with Crippen molar-refractivity contribution >= 4 is 40.9 Å². The first kappa shape index (κ1) is 19.1. The van der Waals surface area contributed by atoms with Crippen LogP contribution in [0.5, 0.6) is 11.6 Å². The second-order valence-corrected chi connectivity index (χ2v) is 6.22. The van der Waals surface area contributed by atoms with Crippen LogP contribution in [0.2, 0.25) is 0 Å². The molecule has 1 aromatic carbocycles. The molecule has 1 saturated heterocycles. The van der Waals surface area contributed by atoms with E-state index in [-0.39, 0.29) is 22.3 Å². The molecule has 0 aliphatic carbocycles. The molecule has 0 spiro atoms. The maximum absolute atomic E-state index is 12.3. The molecular weight excluding hydrogens is 384 g/mol. The van der Waals surface area contributed by atoms with E-state index in [1.807, 2.05) is 0 Å². The number of carbonyl (C=O) groups excluding carboxylic acids is 2. The number of ether oxygens (including phenoxy) is 1. The van der Waals surface area contributed by atoms with Crippen LogP contribution in [0.4, 0.5) is 5.69 Å². The highest BCUT2D eigenvalue weighted by Crippen LogP contribution is 2.23. The van der Waals surface area contributed by atoms with Gasteiger partial charge in [-0.2, -0.15) is 0 Å². The Balaban J connectivity index is 1.78. The topological polar surface area (TPSA) is 106 Å². The summed E-state index contributed by atoms with van der Waals surface area (Å²) in [7, 11) is 3.02. The number of amides is 2. The summed E-state index contributed by atoms with van der Waals surface area (Å²) in [5, 5.41) is 10.8. The van der Waals surface area contributed by atoms with Gasteiger partial charge >= 0.3 is 0 Å². The molecule has 28 heavy (non-hydrogen) atoms. The van der Waals surface area contributed by atoms with E-state index in [1.165, 1.54) is 42.1 Å². The number of thiocarbonyl (C=S) groups is 1. The third kappa shape index (κ3) is 3.71. The van der Waals surface area contributed by atoms with Gasteiger partial charge in [-0.15, -0.1) is 0 Å². The number of aromatic nitrogens is 1. The van der Waals surface area contributed by atoms with Crippen LogP contribution < -0.4 is 4.74 Å². The van der Waals surface area contributed by atoms with Crippen LogP contribution in [0.1, 0.15) is 5.56 Å². The Kier molecular flexibility index (Phi) is 5.14. The van der Waals surface area contributed by atoms with Crippen molar-refractivity contribution in [1.29, 1.82) is 0 Å². The van der Waals surface area contributed by atoms with Gasteiger partial charge in [-0.3, -0.25) is 29.5 Å². The highest BCUT2D eigenvalue weighted by atomic mass is 32.1. The summed E-state index contributed by atoms with van der Waals surface area (Å²) in [5.41, 5.74) is 0.491. The van der Waals surface area contributed by atoms with Crippen molar-refractivity contribution in [1.82, 2.24) is 14.8 Å². The van der Waals surface area contributed by atoms with Gasteiger partial charge in [-0.25, -0.2) is 4.98 Å². The summed E-state index contributed by atoms with van der Waals surface area (Å²) in [6.07, 6.45) is 2.58. The summed E-state index contributed by atoms with van der Waals surface area (Å²) < 4.78 is 5.53. The number of hydrogen-bond acceptors (Lipinski definition) is 7. The van der Waals surface area contributed by atoms with Gasteiger partial charge in [-0.1, -0.05) is 12.1 Å². The molecule has 9 nitrogen and oxygen atoms in total. The Morgan fingerprint density at radius 3 is 2.18 bits per heavy atom. The normalized spacial score (nSPS) is 14.4. The van der Waals surface area contributed by atoms with Gasteiger partial charge in [0.25, 0.3) is 17.5 Å². The summed E-state index contributed by atoms with van der Waals surface area (Å²) in [6, 6.07) is 9.28. The number of benzene rings is 1. The summed E-state index contributed by atoms with van der Waals surface area (Å²) >= 11 is 5.05. The highest BCUT2D eigenvalue weighted by molar-refractivity contribution is 7.80. The lowest BCUT2D eigenvalue weighted by Crippen LogP contribution is -2.52. The Morgan fingerprint density at radius 1 is 1.07 bits per heavy atom. The maximum Gasteiger partial charge on any atom is 0.287 e. The Morgan fingerprint density at radius 2 is 1.68 bits per heavy atom. The second kappa shape index (κ2) is 7.53. The molecule has 0 bridgehead atoms. The first-order valence-corrected chi connectivity index (χ1v) is 8.39. The lowest BCUT2D eigenvalue weighted by molar-refractivity contribution is -0.385. The minimum absolute atomic E-state index is 0.00399. The number of hydrogen-bond donors (Lipinski definition) is 0. The number of rotatable bonds is 4.